The number of ketones is 1. The van der Waals surface area contributed by atoms with Gasteiger partial charge in [0.2, 0.25) is 0 Å². The Morgan fingerprint density at radius 2 is 1.57 bits per heavy atom. The largest absolute Gasteiger partial charge is 0.299 e. The lowest BCUT2D eigenvalue weighted by Gasteiger charge is -2.23. The number of benzene rings is 1. The molecule has 0 fully saturated rings. The highest BCUT2D eigenvalue weighted by atomic mass is 16.1. The van der Waals surface area contributed by atoms with Crippen LogP contribution in [0.4, 0.5) is 0 Å². The first kappa shape index (κ1) is 21.9. The van der Waals surface area contributed by atoms with Crippen molar-refractivity contribution in [3.05, 3.63) is 34.9 Å². The van der Waals surface area contributed by atoms with E-state index in [4.69, 9.17) is 0 Å². The normalized spacial score (nSPS) is 13.0. The molecular formula is C22H38O. The molecule has 2 unspecified atom stereocenters. The summed E-state index contributed by atoms with van der Waals surface area (Å²) >= 11 is 0. The maximum Gasteiger partial charge on any atom is 0.136 e. The maximum absolute atomic E-state index is 12.4. The van der Waals surface area contributed by atoms with E-state index in [1.165, 1.54) is 42.4 Å². The van der Waals surface area contributed by atoms with Crippen molar-refractivity contribution in [2.45, 2.75) is 87.0 Å². The van der Waals surface area contributed by atoms with Gasteiger partial charge >= 0.3 is 0 Å². The molecule has 1 aromatic rings. The van der Waals surface area contributed by atoms with Gasteiger partial charge in [0.1, 0.15) is 5.78 Å². The van der Waals surface area contributed by atoms with E-state index < -0.39 is 0 Å². The van der Waals surface area contributed by atoms with Crippen molar-refractivity contribution in [2.24, 2.45) is 11.8 Å². The number of hydrogen-bond donors (Lipinski definition) is 0. The summed E-state index contributed by atoms with van der Waals surface area (Å²) in [6.45, 7) is 14.8. The van der Waals surface area contributed by atoms with E-state index in [1.54, 1.807) is 0 Å². The maximum atomic E-state index is 12.4. The summed E-state index contributed by atoms with van der Waals surface area (Å²) in [4.78, 5) is 12.4. The lowest BCUT2D eigenvalue weighted by molar-refractivity contribution is -0.124. The molecule has 0 spiro atoms. The Morgan fingerprint density at radius 1 is 1.00 bits per heavy atom. The topological polar surface area (TPSA) is 17.1 Å². The molecule has 0 N–H and O–H groups in total. The highest BCUT2D eigenvalue weighted by molar-refractivity contribution is 5.81. The highest BCUT2D eigenvalue weighted by Crippen LogP contribution is 2.25. The lowest BCUT2D eigenvalue weighted by atomic mass is 9.81. The summed E-state index contributed by atoms with van der Waals surface area (Å²) in [5.41, 5.74) is 3.92. The summed E-state index contributed by atoms with van der Waals surface area (Å²) in [7, 11) is 0. The fraction of sp³-hybridized carbons (Fsp3) is 0.682. The number of hydrogen-bond acceptors (Lipinski definition) is 1. The van der Waals surface area contributed by atoms with Crippen LogP contribution in [-0.4, -0.2) is 5.78 Å². The van der Waals surface area contributed by atoms with Crippen molar-refractivity contribution >= 4 is 5.78 Å². The van der Waals surface area contributed by atoms with Crippen LogP contribution in [-0.2, 0) is 11.2 Å². The van der Waals surface area contributed by atoms with Gasteiger partial charge in [-0.25, -0.2) is 0 Å². The van der Waals surface area contributed by atoms with Gasteiger partial charge in [0.15, 0.2) is 0 Å². The lowest BCUT2D eigenvalue weighted by Crippen LogP contribution is -2.24. The van der Waals surface area contributed by atoms with Gasteiger partial charge in [-0.15, -0.1) is 0 Å². The van der Waals surface area contributed by atoms with Crippen molar-refractivity contribution in [1.29, 1.82) is 0 Å². The molecule has 1 aromatic carbocycles. The number of carbonyl (C=O) groups is 1. The van der Waals surface area contributed by atoms with Crippen LogP contribution in [0.5, 0.6) is 0 Å². The minimum Gasteiger partial charge on any atom is -0.299 e. The van der Waals surface area contributed by atoms with E-state index in [0.29, 0.717) is 18.1 Å². The van der Waals surface area contributed by atoms with E-state index in [-0.39, 0.29) is 5.92 Å². The van der Waals surface area contributed by atoms with Crippen LogP contribution in [0.25, 0.3) is 0 Å². The third kappa shape index (κ3) is 8.34. The van der Waals surface area contributed by atoms with Crippen LogP contribution in [0.3, 0.4) is 0 Å². The monoisotopic (exact) mass is 318 g/mol. The predicted molar refractivity (Wildman–Crippen MR) is 103 cm³/mol. The third-order valence-electron chi connectivity index (χ3n) is 4.45. The van der Waals surface area contributed by atoms with E-state index in [9.17, 15) is 4.79 Å². The quantitative estimate of drug-likeness (QED) is 0.464. The average molecular weight is 319 g/mol. The van der Waals surface area contributed by atoms with Gasteiger partial charge in [0, 0.05) is 12.3 Å². The molecule has 0 aliphatic carbocycles. The van der Waals surface area contributed by atoms with Crippen LogP contribution in [0.2, 0.25) is 0 Å². The second-order valence-corrected chi connectivity index (χ2v) is 6.60. The molecule has 0 aliphatic rings. The summed E-state index contributed by atoms with van der Waals surface area (Å²) in [6.07, 6.45) is 6.51. The number of aryl methyl sites for hydroxylation is 2. The second kappa shape index (κ2) is 12.3. The summed E-state index contributed by atoms with van der Waals surface area (Å²) in [6, 6.07) is 6.67. The van der Waals surface area contributed by atoms with Gasteiger partial charge in [-0.2, -0.15) is 0 Å². The van der Waals surface area contributed by atoms with Gasteiger partial charge < -0.3 is 0 Å². The van der Waals surface area contributed by atoms with Gasteiger partial charge in [-0.05, 0) is 31.7 Å². The standard InChI is InChI=1S/C20H32O.C2H6/c1-6-8-9-10-17(5)19(20(21)7-2)14-18-12-15(3)11-16(4)13-18;1-2/h11-13,17,19H,6-10,14H2,1-5H3;1-2H3. The molecular weight excluding hydrogens is 280 g/mol. The van der Waals surface area contributed by atoms with E-state index in [1.807, 2.05) is 20.8 Å². The zero-order valence-corrected chi connectivity index (χ0v) is 16.5. The van der Waals surface area contributed by atoms with Crippen LogP contribution >= 0.6 is 0 Å². The molecule has 23 heavy (non-hydrogen) atoms. The van der Waals surface area contributed by atoms with Crippen LogP contribution in [0, 0.1) is 25.7 Å². The minimum absolute atomic E-state index is 0.188. The molecule has 0 bridgehead atoms. The molecule has 132 valence electrons. The Hall–Kier alpha value is -1.11. The molecule has 0 amide bonds. The fourth-order valence-electron chi connectivity index (χ4n) is 3.25. The molecule has 0 aliphatic heterocycles. The Balaban J connectivity index is 0.00000232. The minimum atomic E-state index is 0.188. The second-order valence-electron chi connectivity index (χ2n) is 6.60. The van der Waals surface area contributed by atoms with Crippen LogP contribution in [0.1, 0.15) is 83.4 Å². The first-order valence-electron chi connectivity index (χ1n) is 9.57. The Labute approximate surface area is 144 Å². The molecule has 0 heterocycles. The molecule has 0 saturated carbocycles. The molecule has 1 heteroatoms. The number of rotatable bonds is 9. The average Bonchev–Trinajstić information content (AvgIpc) is 2.53. The van der Waals surface area contributed by atoms with Gasteiger partial charge in [-0.3, -0.25) is 4.79 Å². The summed E-state index contributed by atoms with van der Waals surface area (Å²) < 4.78 is 0. The Morgan fingerprint density at radius 3 is 2.04 bits per heavy atom. The Kier molecular flexibility index (Phi) is 11.7. The van der Waals surface area contributed by atoms with Gasteiger partial charge in [0.05, 0.1) is 0 Å². The van der Waals surface area contributed by atoms with E-state index >= 15 is 0 Å². The zero-order valence-electron chi connectivity index (χ0n) is 16.5. The molecule has 1 nitrogen and oxygen atoms in total. The first-order valence-corrected chi connectivity index (χ1v) is 9.57. The molecule has 0 aromatic heterocycles. The first-order chi connectivity index (χ1) is 11.0. The molecule has 1 rings (SSSR count). The highest BCUT2D eigenvalue weighted by Gasteiger charge is 2.23. The third-order valence-corrected chi connectivity index (χ3v) is 4.45. The van der Waals surface area contributed by atoms with E-state index in [2.05, 4.69) is 45.9 Å². The van der Waals surface area contributed by atoms with Crippen molar-refractivity contribution in [1.82, 2.24) is 0 Å². The van der Waals surface area contributed by atoms with Crippen LogP contribution < -0.4 is 0 Å². The van der Waals surface area contributed by atoms with Crippen LogP contribution in [0.15, 0.2) is 18.2 Å². The summed E-state index contributed by atoms with van der Waals surface area (Å²) in [5, 5.41) is 0. The SMILES string of the molecule is CC.CCCCCC(C)C(Cc1cc(C)cc(C)c1)C(=O)CC. The Bertz CT molecular complexity index is 427. The van der Waals surface area contributed by atoms with Crippen molar-refractivity contribution in [2.75, 3.05) is 0 Å². The molecule has 0 radical (unpaired) electrons. The number of carbonyl (C=O) groups excluding carboxylic acids is 1. The van der Waals surface area contributed by atoms with Gasteiger partial charge in [-0.1, -0.05) is 89.6 Å². The summed E-state index contributed by atoms with van der Waals surface area (Å²) in [5.74, 6) is 1.11. The number of unbranched alkanes of at least 4 members (excludes halogenated alkanes) is 2. The fourth-order valence-corrected chi connectivity index (χ4v) is 3.25. The predicted octanol–water partition coefficient (Wildman–Crippen LogP) is 6.68. The van der Waals surface area contributed by atoms with E-state index in [0.717, 1.165) is 6.42 Å². The molecule has 0 saturated heterocycles. The zero-order chi connectivity index (χ0) is 17.8. The number of Topliss-reactive ketones (excluding diaryl/α,β-unsaturated/α-hetero) is 1. The van der Waals surface area contributed by atoms with Crippen molar-refractivity contribution < 1.29 is 4.79 Å². The van der Waals surface area contributed by atoms with Crippen molar-refractivity contribution in [3.8, 4) is 0 Å². The van der Waals surface area contributed by atoms with Gasteiger partial charge in [0.25, 0.3) is 0 Å². The molecule has 2 atom stereocenters. The smallest absolute Gasteiger partial charge is 0.136 e. The van der Waals surface area contributed by atoms with Crippen molar-refractivity contribution in [3.63, 3.8) is 0 Å².